The highest BCUT2D eigenvalue weighted by Crippen LogP contribution is 2.20. The lowest BCUT2D eigenvalue weighted by Gasteiger charge is -2.20. The maximum Gasteiger partial charge on any atom is 0.673 e. The fourth-order valence-corrected chi connectivity index (χ4v) is 1.06. The Morgan fingerprint density at radius 3 is 1.75 bits per heavy atom. The molecule has 0 saturated carbocycles. The van der Waals surface area contributed by atoms with Crippen molar-refractivity contribution in [1.29, 1.82) is 5.39 Å². The lowest BCUT2D eigenvalue weighted by molar-refractivity contribution is -0.0817. The highest BCUT2D eigenvalue weighted by atomic mass is 19.5. The Labute approximate surface area is 113 Å². The van der Waals surface area contributed by atoms with Crippen molar-refractivity contribution >= 4 is 18.6 Å². The first-order valence-corrected chi connectivity index (χ1v) is 5.70. The lowest BCUT2D eigenvalue weighted by atomic mass is 10.3. The molecule has 0 aliphatic carbocycles. The summed E-state index contributed by atoms with van der Waals surface area (Å²) in [6.45, 7) is 4.80. The SMILES string of the molecule is CCON(OCC)c1ccc([N+]#N)cc1.F[B-](F)(F)F. The van der Waals surface area contributed by atoms with Crippen molar-refractivity contribution in [3.63, 3.8) is 0 Å². The Morgan fingerprint density at radius 2 is 1.45 bits per heavy atom. The van der Waals surface area contributed by atoms with E-state index in [0.717, 1.165) is 5.69 Å². The summed E-state index contributed by atoms with van der Waals surface area (Å²) >= 11 is 0. The van der Waals surface area contributed by atoms with Crippen molar-refractivity contribution < 1.29 is 26.9 Å². The van der Waals surface area contributed by atoms with Crippen molar-refractivity contribution in [3.05, 3.63) is 29.2 Å². The highest BCUT2D eigenvalue weighted by molar-refractivity contribution is 6.50. The molecule has 0 saturated heterocycles. The molecular weight excluding hydrogens is 281 g/mol. The highest BCUT2D eigenvalue weighted by Gasteiger charge is 2.20. The first-order chi connectivity index (χ1) is 9.31. The molecule has 0 unspecified atom stereocenters. The van der Waals surface area contributed by atoms with Gasteiger partial charge in [0.05, 0.1) is 18.9 Å². The number of hydrogen-bond acceptors (Lipinski definition) is 4. The molecule has 0 bridgehead atoms. The Bertz CT molecular complexity index is 410. The summed E-state index contributed by atoms with van der Waals surface area (Å²) in [6.07, 6.45) is 0. The van der Waals surface area contributed by atoms with E-state index in [1.807, 2.05) is 13.8 Å². The number of hydrogen-bond donors (Lipinski definition) is 0. The largest absolute Gasteiger partial charge is 0.673 e. The zero-order chi connectivity index (χ0) is 15.6. The van der Waals surface area contributed by atoms with E-state index >= 15 is 0 Å². The number of diazo groups is 1. The van der Waals surface area contributed by atoms with Crippen molar-refractivity contribution in [3.8, 4) is 0 Å². The molecule has 1 rings (SSSR count). The fraction of sp³-hybridized carbons (Fsp3) is 0.400. The van der Waals surface area contributed by atoms with Gasteiger partial charge in [-0.2, -0.15) is 0 Å². The Kier molecular flexibility index (Phi) is 8.27. The molecule has 0 atom stereocenters. The molecule has 112 valence electrons. The van der Waals surface area contributed by atoms with Crippen LogP contribution in [0.2, 0.25) is 0 Å². The molecule has 0 aliphatic heterocycles. The van der Waals surface area contributed by atoms with Gasteiger partial charge in [-0.25, -0.2) is 9.68 Å². The van der Waals surface area contributed by atoms with Crippen LogP contribution in [0, 0.1) is 5.39 Å². The van der Waals surface area contributed by atoms with Crippen LogP contribution in [-0.2, 0) is 9.68 Å². The van der Waals surface area contributed by atoms with Gasteiger partial charge in [0.15, 0.2) is 4.98 Å². The van der Waals surface area contributed by atoms with E-state index in [1.165, 1.54) is 5.23 Å². The molecule has 0 amide bonds. The van der Waals surface area contributed by atoms with Gasteiger partial charge in [0.2, 0.25) is 5.39 Å². The third-order valence-electron chi connectivity index (χ3n) is 1.67. The molecule has 0 aromatic heterocycles. The number of nitrogens with zero attached hydrogens (tertiary/aromatic N) is 3. The van der Waals surface area contributed by atoms with Crippen LogP contribution < -0.4 is 5.23 Å². The van der Waals surface area contributed by atoms with Crippen LogP contribution in [0.15, 0.2) is 24.3 Å². The zero-order valence-corrected chi connectivity index (χ0v) is 11.0. The predicted octanol–water partition coefficient (Wildman–Crippen LogP) is 4.18. The lowest BCUT2D eigenvalue weighted by Crippen LogP contribution is -2.23. The molecular formula is C10H14BF4N3O2. The second-order valence-electron chi connectivity index (χ2n) is 3.20. The quantitative estimate of drug-likeness (QED) is 0.354. The maximum absolute atomic E-state index is 9.75. The zero-order valence-electron chi connectivity index (χ0n) is 11.0. The molecule has 10 heteroatoms. The van der Waals surface area contributed by atoms with Gasteiger partial charge in [0, 0.05) is 12.1 Å². The summed E-state index contributed by atoms with van der Waals surface area (Å²) in [5, 5.41) is 9.87. The summed E-state index contributed by atoms with van der Waals surface area (Å²) in [5.41, 5.74) is 1.25. The van der Waals surface area contributed by atoms with Gasteiger partial charge in [-0.15, -0.1) is 5.23 Å². The first kappa shape index (κ1) is 18.1. The van der Waals surface area contributed by atoms with Gasteiger partial charge < -0.3 is 17.3 Å². The molecule has 5 nitrogen and oxygen atoms in total. The van der Waals surface area contributed by atoms with Gasteiger partial charge in [0.1, 0.15) is 0 Å². The van der Waals surface area contributed by atoms with Gasteiger partial charge in [-0.1, -0.05) is 0 Å². The second-order valence-corrected chi connectivity index (χ2v) is 3.20. The van der Waals surface area contributed by atoms with Crippen molar-refractivity contribution in [2.24, 2.45) is 0 Å². The molecule has 0 radical (unpaired) electrons. The summed E-state index contributed by atoms with van der Waals surface area (Å²) in [6, 6.07) is 6.83. The minimum Gasteiger partial charge on any atom is -0.418 e. The molecule has 1 aromatic carbocycles. The van der Waals surface area contributed by atoms with E-state index in [1.54, 1.807) is 24.3 Å². The average Bonchev–Trinajstić information content (AvgIpc) is 2.37. The third-order valence-corrected chi connectivity index (χ3v) is 1.67. The molecule has 0 heterocycles. The topological polar surface area (TPSA) is 49.9 Å². The van der Waals surface area contributed by atoms with Crippen LogP contribution in [0.3, 0.4) is 0 Å². The smallest absolute Gasteiger partial charge is 0.418 e. The normalized spacial score (nSPS) is 10.2. The number of halogens is 4. The fourth-order valence-electron chi connectivity index (χ4n) is 1.06. The van der Waals surface area contributed by atoms with Gasteiger partial charge in [0.25, 0.3) is 0 Å². The van der Waals surface area contributed by atoms with Crippen LogP contribution in [-0.4, -0.2) is 20.5 Å². The number of anilines is 1. The van der Waals surface area contributed by atoms with Crippen molar-refractivity contribution in [2.45, 2.75) is 13.8 Å². The van der Waals surface area contributed by atoms with E-state index < -0.39 is 7.25 Å². The molecule has 0 fully saturated rings. The molecule has 0 aliphatic rings. The van der Waals surface area contributed by atoms with E-state index in [9.17, 15) is 17.3 Å². The summed E-state index contributed by atoms with van der Waals surface area (Å²) in [5.74, 6) is 0. The average molecular weight is 295 g/mol. The Morgan fingerprint density at radius 1 is 1.05 bits per heavy atom. The molecule has 0 N–H and O–H groups in total. The van der Waals surface area contributed by atoms with Crippen LogP contribution in [0.25, 0.3) is 4.98 Å². The Balaban J connectivity index is 0.000000621. The minimum absolute atomic E-state index is 0.492. The van der Waals surface area contributed by atoms with E-state index in [0.29, 0.717) is 18.9 Å². The minimum atomic E-state index is -6.00. The van der Waals surface area contributed by atoms with Gasteiger partial charge in [-0.05, 0) is 26.0 Å². The van der Waals surface area contributed by atoms with Crippen molar-refractivity contribution in [2.75, 3.05) is 18.4 Å². The van der Waals surface area contributed by atoms with Crippen LogP contribution in [0.4, 0.5) is 28.6 Å². The van der Waals surface area contributed by atoms with Crippen molar-refractivity contribution in [1.82, 2.24) is 0 Å². The van der Waals surface area contributed by atoms with Crippen LogP contribution >= 0.6 is 0 Å². The van der Waals surface area contributed by atoms with Gasteiger partial charge >= 0.3 is 12.9 Å². The molecule has 0 spiro atoms. The molecule has 20 heavy (non-hydrogen) atoms. The summed E-state index contributed by atoms with van der Waals surface area (Å²) in [7, 11) is -6.00. The number of benzene rings is 1. The predicted molar refractivity (Wildman–Crippen MR) is 67.1 cm³/mol. The standard InChI is InChI=1S/C10H14N3O2.BF4/c1-3-14-13(15-4-2)10-7-5-9(12-11)6-8-10;2-1(3,4)5/h5-8H,3-4H2,1-2H3;/q+1;-1. The molecule has 1 aromatic rings. The maximum atomic E-state index is 9.75. The first-order valence-electron chi connectivity index (χ1n) is 5.70. The second kappa shape index (κ2) is 9.11. The van der Waals surface area contributed by atoms with Gasteiger partial charge in [-0.3, -0.25) is 0 Å². The van der Waals surface area contributed by atoms with E-state index in [-0.39, 0.29) is 0 Å². The summed E-state index contributed by atoms with van der Waals surface area (Å²) < 4.78 is 39.0. The van der Waals surface area contributed by atoms with Crippen LogP contribution in [0.1, 0.15) is 13.8 Å². The third kappa shape index (κ3) is 9.13. The van der Waals surface area contributed by atoms with E-state index in [2.05, 4.69) is 4.98 Å². The number of rotatable bonds is 5. The monoisotopic (exact) mass is 295 g/mol. The summed E-state index contributed by atoms with van der Waals surface area (Å²) in [4.78, 5) is 13.6. The van der Waals surface area contributed by atoms with Crippen LogP contribution in [0.5, 0.6) is 0 Å². The van der Waals surface area contributed by atoms with E-state index in [4.69, 9.17) is 15.1 Å². The Hall–Kier alpha value is -1.86.